The van der Waals surface area contributed by atoms with Crippen molar-refractivity contribution in [2.45, 2.75) is 50.4 Å². The number of carbonyl (C=O) groups is 1. The molecule has 0 unspecified atom stereocenters. The van der Waals surface area contributed by atoms with E-state index >= 15 is 0 Å². The Bertz CT molecular complexity index is 994. The van der Waals surface area contributed by atoms with Gasteiger partial charge in [-0.15, -0.1) is 0 Å². The quantitative estimate of drug-likeness (QED) is 0.645. The SMILES string of the molecule is CN(C)[C@@H]1CCC[C@H]1Nc1nc(Nc2ccc3c(c2)CCCNC3=O)ncc1C(F)(F)F. The molecule has 172 valence electrons. The van der Waals surface area contributed by atoms with E-state index in [-0.39, 0.29) is 29.8 Å². The van der Waals surface area contributed by atoms with E-state index in [9.17, 15) is 18.0 Å². The van der Waals surface area contributed by atoms with Crippen LogP contribution in [0.1, 0.15) is 47.2 Å². The smallest absolute Gasteiger partial charge is 0.365 e. The van der Waals surface area contributed by atoms with Crippen LogP contribution in [0.25, 0.3) is 0 Å². The van der Waals surface area contributed by atoms with Crippen LogP contribution in [-0.2, 0) is 12.6 Å². The fourth-order valence-corrected chi connectivity index (χ4v) is 4.47. The minimum atomic E-state index is -4.56. The number of amides is 1. The molecule has 2 aliphatic rings. The van der Waals surface area contributed by atoms with Crippen molar-refractivity contribution < 1.29 is 18.0 Å². The van der Waals surface area contributed by atoms with E-state index in [0.29, 0.717) is 17.8 Å². The van der Waals surface area contributed by atoms with E-state index in [4.69, 9.17) is 0 Å². The fraction of sp³-hybridized carbons (Fsp3) is 0.500. The van der Waals surface area contributed by atoms with Gasteiger partial charge < -0.3 is 20.9 Å². The van der Waals surface area contributed by atoms with Gasteiger partial charge in [0.15, 0.2) is 0 Å². The van der Waals surface area contributed by atoms with E-state index in [1.165, 1.54) is 0 Å². The highest BCUT2D eigenvalue weighted by molar-refractivity contribution is 5.96. The molecule has 3 N–H and O–H groups in total. The third-order valence-electron chi connectivity index (χ3n) is 6.07. The maximum atomic E-state index is 13.6. The summed E-state index contributed by atoms with van der Waals surface area (Å²) in [4.78, 5) is 22.2. The monoisotopic (exact) mass is 448 g/mol. The molecule has 1 aliphatic carbocycles. The number of halogens is 3. The Kier molecular flexibility index (Phi) is 6.23. The number of aryl methyl sites for hydroxylation is 1. The van der Waals surface area contributed by atoms with Crippen molar-refractivity contribution in [3.63, 3.8) is 0 Å². The van der Waals surface area contributed by atoms with Gasteiger partial charge in [-0.2, -0.15) is 18.2 Å². The lowest BCUT2D eigenvalue weighted by molar-refractivity contribution is -0.137. The van der Waals surface area contributed by atoms with Gasteiger partial charge >= 0.3 is 6.18 Å². The summed E-state index contributed by atoms with van der Waals surface area (Å²) in [6, 6.07) is 5.25. The molecule has 10 heteroatoms. The summed E-state index contributed by atoms with van der Waals surface area (Å²) in [5, 5.41) is 8.87. The molecule has 2 atom stereocenters. The number of carbonyl (C=O) groups excluding carboxylic acids is 1. The third-order valence-corrected chi connectivity index (χ3v) is 6.07. The lowest BCUT2D eigenvalue weighted by Crippen LogP contribution is -2.39. The molecule has 4 rings (SSSR count). The molecule has 2 aromatic rings. The molecular formula is C22H27F3N6O. The number of hydrogen-bond donors (Lipinski definition) is 3. The number of hydrogen-bond acceptors (Lipinski definition) is 6. The van der Waals surface area contributed by atoms with Crippen LogP contribution in [0.2, 0.25) is 0 Å². The first kappa shape index (κ1) is 22.3. The average Bonchev–Trinajstić information content (AvgIpc) is 3.11. The Labute approximate surface area is 184 Å². The number of aromatic nitrogens is 2. The van der Waals surface area contributed by atoms with Crippen molar-refractivity contribution in [3.05, 3.63) is 41.1 Å². The number of benzene rings is 1. The van der Waals surface area contributed by atoms with E-state index in [1.807, 2.05) is 25.1 Å². The molecule has 7 nitrogen and oxygen atoms in total. The first-order valence-corrected chi connectivity index (χ1v) is 10.8. The third kappa shape index (κ3) is 4.79. The van der Waals surface area contributed by atoms with Crippen LogP contribution in [0.15, 0.2) is 24.4 Å². The van der Waals surface area contributed by atoms with E-state index in [0.717, 1.165) is 43.9 Å². The summed E-state index contributed by atoms with van der Waals surface area (Å²) < 4.78 is 40.8. The zero-order valence-electron chi connectivity index (χ0n) is 18.1. The molecule has 1 fully saturated rings. The highest BCUT2D eigenvalue weighted by Gasteiger charge is 2.37. The fourth-order valence-electron chi connectivity index (χ4n) is 4.47. The average molecular weight is 448 g/mol. The molecule has 0 radical (unpaired) electrons. The molecule has 0 spiro atoms. The lowest BCUT2D eigenvalue weighted by Gasteiger charge is -2.28. The van der Waals surface area contributed by atoms with Gasteiger partial charge in [0.2, 0.25) is 5.95 Å². The summed E-state index contributed by atoms with van der Waals surface area (Å²) in [6.07, 6.45) is 0.448. The van der Waals surface area contributed by atoms with Gasteiger partial charge in [0.05, 0.1) is 0 Å². The topological polar surface area (TPSA) is 82.2 Å². The van der Waals surface area contributed by atoms with Gasteiger partial charge in [0.25, 0.3) is 5.91 Å². The van der Waals surface area contributed by atoms with Gasteiger partial charge in [-0.1, -0.05) is 0 Å². The van der Waals surface area contributed by atoms with E-state index < -0.39 is 11.7 Å². The summed E-state index contributed by atoms with van der Waals surface area (Å²) >= 11 is 0. The molecule has 0 bridgehead atoms. The van der Waals surface area contributed by atoms with Crippen molar-refractivity contribution in [1.82, 2.24) is 20.2 Å². The number of likely N-dealkylation sites (N-methyl/N-ethyl adjacent to an activating group) is 1. The largest absolute Gasteiger partial charge is 0.421 e. The maximum absolute atomic E-state index is 13.6. The second-order valence-corrected chi connectivity index (χ2v) is 8.52. The van der Waals surface area contributed by atoms with Crippen LogP contribution in [-0.4, -0.2) is 53.5 Å². The molecule has 1 aromatic heterocycles. The van der Waals surface area contributed by atoms with Crippen LogP contribution in [0.5, 0.6) is 0 Å². The Hall–Kier alpha value is -2.88. The minimum Gasteiger partial charge on any atom is -0.365 e. The van der Waals surface area contributed by atoms with Crippen LogP contribution < -0.4 is 16.0 Å². The lowest BCUT2D eigenvalue weighted by atomic mass is 10.0. The number of nitrogens with one attached hydrogen (secondary N) is 3. The van der Waals surface area contributed by atoms with E-state index in [2.05, 4.69) is 25.9 Å². The first-order chi connectivity index (χ1) is 15.2. The van der Waals surface area contributed by atoms with Crippen LogP contribution in [0, 0.1) is 0 Å². The van der Waals surface area contributed by atoms with Crippen molar-refractivity contribution >= 4 is 23.4 Å². The second kappa shape index (κ2) is 8.93. The zero-order chi connectivity index (χ0) is 22.9. The number of nitrogens with zero attached hydrogens (tertiary/aromatic N) is 3. The Balaban J connectivity index is 1.61. The van der Waals surface area contributed by atoms with Crippen molar-refractivity contribution in [2.24, 2.45) is 0 Å². The summed E-state index contributed by atoms with van der Waals surface area (Å²) in [5.74, 6) is -0.269. The Morgan fingerprint density at radius 1 is 1.19 bits per heavy atom. The molecule has 1 saturated carbocycles. The first-order valence-electron chi connectivity index (χ1n) is 10.8. The number of fused-ring (bicyclic) bond motifs is 1. The molecular weight excluding hydrogens is 421 g/mol. The summed E-state index contributed by atoms with van der Waals surface area (Å²) in [5.41, 5.74) is 1.23. The Morgan fingerprint density at radius 3 is 2.75 bits per heavy atom. The standard InChI is InChI=1S/C22H27F3N6O/c1-31(2)18-7-3-6-17(18)29-19-16(22(23,24)25)12-27-21(30-19)28-14-8-9-15-13(11-14)5-4-10-26-20(15)32/h8-9,11-12,17-18H,3-7,10H2,1-2H3,(H,26,32)(H2,27,28,29,30)/t17-,18-/m1/s1. The minimum absolute atomic E-state index is 0.0675. The number of alkyl halides is 3. The van der Waals surface area contributed by atoms with Gasteiger partial charge in [-0.25, -0.2) is 4.98 Å². The normalized spacial score (nSPS) is 21.1. The molecule has 0 saturated heterocycles. The summed E-state index contributed by atoms with van der Waals surface area (Å²) in [7, 11) is 3.86. The van der Waals surface area contributed by atoms with Crippen LogP contribution >= 0.6 is 0 Å². The van der Waals surface area contributed by atoms with Gasteiger partial charge in [-0.05, 0) is 70.0 Å². The number of anilines is 3. The zero-order valence-corrected chi connectivity index (χ0v) is 18.1. The highest BCUT2D eigenvalue weighted by atomic mass is 19.4. The van der Waals surface area contributed by atoms with Gasteiger partial charge in [-0.3, -0.25) is 4.79 Å². The molecule has 1 aromatic carbocycles. The van der Waals surface area contributed by atoms with Gasteiger partial charge in [0.1, 0.15) is 11.4 Å². The predicted molar refractivity (Wildman–Crippen MR) is 116 cm³/mol. The van der Waals surface area contributed by atoms with Gasteiger partial charge in [0, 0.05) is 36.1 Å². The molecule has 1 amide bonds. The summed E-state index contributed by atoms with van der Waals surface area (Å²) in [6.45, 7) is 0.614. The van der Waals surface area contributed by atoms with Crippen molar-refractivity contribution in [1.29, 1.82) is 0 Å². The number of rotatable bonds is 5. The van der Waals surface area contributed by atoms with Crippen LogP contribution in [0.3, 0.4) is 0 Å². The maximum Gasteiger partial charge on any atom is 0.421 e. The second-order valence-electron chi connectivity index (χ2n) is 8.52. The van der Waals surface area contributed by atoms with Crippen LogP contribution in [0.4, 0.5) is 30.6 Å². The molecule has 32 heavy (non-hydrogen) atoms. The van der Waals surface area contributed by atoms with Crippen molar-refractivity contribution in [3.8, 4) is 0 Å². The molecule has 1 aliphatic heterocycles. The molecule has 2 heterocycles. The Morgan fingerprint density at radius 2 is 2.00 bits per heavy atom. The van der Waals surface area contributed by atoms with E-state index in [1.54, 1.807) is 12.1 Å². The highest BCUT2D eigenvalue weighted by Crippen LogP contribution is 2.36. The van der Waals surface area contributed by atoms with Crippen molar-refractivity contribution in [2.75, 3.05) is 31.3 Å². The predicted octanol–water partition coefficient (Wildman–Crippen LogP) is 3.81.